The molecule has 10 rings (SSSR count). The Morgan fingerprint density at radius 3 is 1.72 bits per heavy atom. The van der Waals surface area contributed by atoms with Crippen LogP contribution in [0.1, 0.15) is 0 Å². The summed E-state index contributed by atoms with van der Waals surface area (Å²) in [6.45, 7) is 0. The van der Waals surface area contributed by atoms with Gasteiger partial charge in [0.25, 0.3) is 0 Å². The van der Waals surface area contributed by atoms with Gasteiger partial charge in [0.1, 0.15) is 0 Å². The van der Waals surface area contributed by atoms with Crippen molar-refractivity contribution in [3.8, 4) is 50.7 Å². The molecule has 4 heteroatoms. The number of hydrogen-bond donors (Lipinski definition) is 0. The molecule has 0 aliphatic rings. The normalized spacial score (nSPS) is 11.6. The average molecular weight is 656 g/mol. The van der Waals surface area contributed by atoms with Gasteiger partial charge in [0.05, 0.1) is 22.4 Å². The number of hydrogen-bond acceptors (Lipinski definition) is 3. The summed E-state index contributed by atoms with van der Waals surface area (Å²) in [5.74, 6) is 0.732. The van der Waals surface area contributed by atoms with E-state index in [2.05, 4.69) is 168 Å². The summed E-state index contributed by atoms with van der Waals surface area (Å²) in [5, 5.41) is 4.92. The van der Waals surface area contributed by atoms with Crippen LogP contribution in [0.3, 0.4) is 0 Å². The maximum absolute atomic E-state index is 5.20. The first-order chi connectivity index (χ1) is 24.8. The molecule has 0 spiro atoms. The zero-order chi connectivity index (χ0) is 33.0. The highest BCUT2D eigenvalue weighted by atomic mass is 32.1. The van der Waals surface area contributed by atoms with E-state index in [4.69, 9.17) is 9.97 Å². The monoisotopic (exact) mass is 655 g/mol. The number of thiophene rings is 1. The Morgan fingerprint density at radius 2 is 1.00 bits per heavy atom. The van der Waals surface area contributed by atoms with E-state index < -0.39 is 0 Å². The molecule has 0 fully saturated rings. The fraction of sp³-hybridized carbons (Fsp3) is 0. The van der Waals surface area contributed by atoms with Gasteiger partial charge in [0.15, 0.2) is 5.82 Å². The van der Waals surface area contributed by atoms with Gasteiger partial charge in [0.2, 0.25) is 0 Å². The molecular weight excluding hydrogens is 627 g/mol. The molecule has 3 aromatic heterocycles. The number of benzene rings is 7. The van der Waals surface area contributed by atoms with E-state index in [1.54, 1.807) is 0 Å². The molecule has 0 N–H and O–H groups in total. The van der Waals surface area contributed by atoms with Crippen molar-refractivity contribution in [1.29, 1.82) is 0 Å². The molecule has 0 amide bonds. The minimum absolute atomic E-state index is 0.732. The first-order valence-electron chi connectivity index (χ1n) is 16.8. The SMILES string of the molecule is c1ccc(-c2cc(-c3ccccc3)nc(-c3cccc4sc5ccc(-c6ccc7c(c6)c6ccccc6n7-c6ccccc6)cc5c34)n2)cc1. The smallest absolute Gasteiger partial charge is 0.161 e. The molecule has 0 aliphatic heterocycles. The first-order valence-corrected chi connectivity index (χ1v) is 17.6. The summed E-state index contributed by atoms with van der Waals surface area (Å²) in [4.78, 5) is 10.4. The first kappa shape index (κ1) is 28.6. The van der Waals surface area contributed by atoms with Crippen LogP contribution in [0.4, 0.5) is 0 Å². The van der Waals surface area contributed by atoms with Crippen molar-refractivity contribution < 1.29 is 0 Å². The quantitative estimate of drug-likeness (QED) is 0.185. The standard InChI is InChI=1S/C46H29N3S/c1-4-13-30(14-5-1)39-29-40(31-15-6-2-7-16-31)48-46(47-39)36-20-12-22-44-45(36)38-28-33(24-26-43(38)50-44)32-23-25-42-37(27-32)35-19-10-11-21-41(35)49(42)34-17-8-3-9-18-34/h1-29H. The molecule has 0 unspecified atom stereocenters. The highest BCUT2D eigenvalue weighted by molar-refractivity contribution is 7.26. The Labute approximate surface area is 293 Å². The van der Waals surface area contributed by atoms with E-state index in [-0.39, 0.29) is 0 Å². The topological polar surface area (TPSA) is 30.7 Å². The maximum atomic E-state index is 5.20. The molecule has 0 saturated heterocycles. The van der Waals surface area contributed by atoms with Crippen LogP contribution >= 0.6 is 11.3 Å². The van der Waals surface area contributed by atoms with E-state index in [0.717, 1.165) is 33.9 Å². The predicted molar refractivity (Wildman–Crippen MR) is 211 cm³/mol. The zero-order valence-corrected chi connectivity index (χ0v) is 27.8. The van der Waals surface area contributed by atoms with Gasteiger partial charge in [-0.1, -0.05) is 121 Å². The van der Waals surface area contributed by atoms with Crippen LogP contribution in [0.25, 0.3) is 92.7 Å². The lowest BCUT2D eigenvalue weighted by Crippen LogP contribution is -1.96. The fourth-order valence-electron chi connectivity index (χ4n) is 7.28. The fourth-order valence-corrected chi connectivity index (χ4v) is 8.39. The largest absolute Gasteiger partial charge is 0.309 e. The number of nitrogens with zero attached hydrogens (tertiary/aromatic N) is 3. The van der Waals surface area contributed by atoms with Gasteiger partial charge in [-0.25, -0.2) is 9.97 Å². The predicted octanol–water partition coefficient (Wildman–Crippen LogP) is 12.6. The molecule has 0 atom stereocenters. The lowest BCUT2D eigenvalue weighted by Gasteiger charge is -2.11. The van der Waals surface area contributed by atoms with E-state index in [1.807, 2.05) is 23.5 Å². The van der Waals surface area contributed by atoms with Crippen molar-refractivity contribution in [2.75, 3.05) is 0 Å². The number of rotatable bonds is 5. The third-order valence-corrected chi connectivity index (χ3v) is 10.8. The van der Waals surface area contributed by atoms with Crippen LogP contribution in [0, 0.1) is 0 Å². The van der Waals surface area contributed by atoms with Crippen LogP contribution in [0.5, 0.6) is 0 Å². The van der Waals surface area contributed by atoms with Crippen molar-refractivity contribution >= 4 is 53.3 Å². The molecular formula is C46H29N3S. The van der Waals surface area contributed by atoms with Gasteiger partial charge < -0.3 is 4.57 Å². The van der Waals surface area contributed by atoms with Gasteiger partial charge in [-0.2, -0.15) is 0 Å². The van der Waals surface area contributed by atoms with Crippen LogP contribution in [-0.2, 0) is 0 Å². The van der Waals surface area contributed by atoms with E-state index >= 15 is 0 Å². The molecule has 10 aromatic rings. The summed E-state index contributed by atoms with van der Waals surface area (Å²) < 4.78 is 4.84. The van der Waals surface area contributed by atoms with Crippen molar-refractivity contribution in [3.05, 3.63) is 176 Å². The third kappa shape index (κ3) is 4.73. The summed E-state index contributed by atoms with van der Waals surface area (Å²) in [5.41, 5.74) is 11.0. The molecule has 0 bridgehead atoms. The van der Waals surface area contributed by atoms with Gasteiger partial charge in [0, 0.05) is 53.3 Å². The number of fused-ring (bicyclic) bond motifs is 6. The molecule has 0 radical (unpaired) electrons. The third-order valence-electron chi connectivity index (χ3n) is 9.62. The molecule has 3 nitrogen and oxygen atoms in total. The number of aromatic nitrogens is 3. The highest BCUT2D eigenvalue weighted by Crippen LogP contribution is 2.42. The van der Waals surface area contributed by atoms with Crippen LogP contribution < -0.4 is 0 Å². The van der Waals surface area contributed by atoms with E-state index in [9.17, 15) is 0 Å². The Morgan fingerprint density at radius 1 is 0.400 bits per heavy atom. The second kappa shape index (κ2) is 11.7. The molecule has 234 valence electrons. The van der Waals surface area contributed by atoms with Gasteiger partial charge >= 0.3 is 0 Å². The van der Waals surface area contributed by atoms with Gasteiger partial charge in [-0.15, -0.1) is 11.3 Å². The molecule has 3 heterocycles. The Kier molecular flexibility index (Phi) is 6.68. The average Bonchev–Trinajstić information content (AvgIpc) is 3.74. The van der Waals surface area contributed by atoms with Gasteiger partial charge in [-0.3, -0.25) is 0 Å². The maximum Gasteiger partial charge on any atom is 0.161 e. The van der Waals surface area contributed by atoms with Crippen LogP contribution in [-0.4, -0.2) is 14.5 Å². The number of para-hydroxylation sites is 2. The second-order valence-electron chi connectivity index (χ2n) is 12.6. The van der Waals surface area contributed by atoms with E-state index in [1.165, 1.54) is 58.8 Å². The van der Waals surface area contributed by atoms with Gasteiger partial charge in [-0.05, 0) is 65.7 Å². The van der Waals surface area contributed by atoms with Crippen molar-refractivity contribution in [1.82, 2.24) is 14.5 Å². The van der Waals surface area contributed by atoms with E-state index in [0.29, 0.717) is 0 Å². The second-order valence-corrected chi connectivity index (χ2v) is 13.7. The van der Waals surface area contributed by atoms with Crippen LogP contribution in [0.2, 0.25) is 0 Å². The van der Waals surface area contributed by atoms with Crippen molar-refractivity contribution in [3.63, 3.8) is 0 Å². The minimum Gasteiger partial charge on any atom is -0.309 e. The lowest BCUT2D eigenvalue weighted by molar-refractivity contribution is 1.18. The zero-order valence-electron chi connectivity index (χ0n) is 27.0. The van der Waals surface area contributed by atoms with Crippen LogP contribution in [0.15, 0.2) is 176 Å². The Bertz CT molecular complexity index is 2800. The summed E-state index contributed by atoms with van der Waals surface area (Å²) in [6, 6.07) is 62.5. The Hall–Kier alpha value is -6.36. The van der Waals surface area contributed by atoms with Crippen molar-refractivity contribution in [2.45, 2.75) is 0 Å². The lowest BCUT2D eigenvalue weighted by atomic mass is 9.99. The molecule has 0 aliphatic carbocycles. The minimum atomic E-state index is 0.732. The summed E-state index contributed by atoms with van der Waals surface area (Å²) in [6.07, 6.45) is 0. The molecule has 7 aromatic carbocycles. The molecule has 50 heavy (non-hydrogen) atoms. The van der Waals surface area contributed by atoms with Crippen molar-refractivity contribution in [2.24, 2.45) is 0 Å². The summed E-state index contributed by atoms with van der Waals surface area (Å²) in [7, 11) is 0. The molecule has 0 saturated carbocycles. The highest BCUT2D eigenvalue weighted by Gasteiger charge is 2.18. The Balaban J connectivity index is 1.16. The summed E-state index contributed by atoms with van der Waals surface area (Å²) >= 11 is 1.82.